The van der Waals surface area contributed by atoms with Gasteiger partial charge in [0.15, 0.2) is 6.61 Å². The van der Waals surface area contributed by atoms with Crippen LogP contribution in [0, 0.1) is 0 Å². The van der Waals surface area contributed by atoms with E-state index >= 15 is 0 Å². The second-order valence-electron chi connectivity index (χ2n) is 4.88. The highest BCUT2D eigenvalue weighted by Crippen LogP contribution is 2.21. The number of amides is 1. The molecule has 1 N–H and O–H groups in total. The van der Waals surface area contributed by atoms with Crippen molar-refractivity contribution in [3.05, 3.63) is 64.8 Å². The molecular formula is C17H14ClN3O2S. The van der Waals surface area contributed by atoms with Crippen LogP contribution in [0.4, 0.5) is 0 Å². The van der Waals surface area contributed by atoms with Gasteiger partial charge in [-0.3, -0.25) is 9.78 Å². The largest absolute Gasteiger partial charge is 0.484 e. The van der Waals surface area contributed by atoms with Crippen LogP contribution in [0.25, 0.3) is 10.7 Å². The van der Waals surface area contributed by atoms with Crippen LogP contribution in [0.1, 0.15) is 5.69 Å². The van der Waals surface area contributed by atoms with Crippen molar-refractivity contribution in [3.8, 4) is 16.5 Å². The zero-order chi connectivity index (χ0) is 16.8. The second kappa shape index (κ2) is 7.90. The molecule has 0 radical (unpaired) electrons. The highest BCUT2D eigenvalue weighted by molar-refractivity contribution is 7.13. The van der Waals surface area contributed by atoms with Gasteiger partial charge in [0.25, 0.3) is 5.91 Å². The van der Waals surface area contributed by atoms with Crippen molar-refractivity contribution >= 4 is 28.8 Å². The number of hydrogen-bond donors (Lipinski definition) is 1. The number of nitrogens with one attached hydrogen (secondary N) is 1. The average Bonchev–Trinajstić information content (AvgIpc) is 3.09. The third-order valence-corrected chi connectivity index (χ3v) is 4.25. The van der Waals surface area contributed by atoms with Crippen molar-refractivity contribution in [1.29, 1.82) is 0 Å². The number of aromatic nitrogens is 2. The van der Waals surface area contributed by atoms with Crippen molar-refractivity contribution in [2.75, 3.05) is 6.61 Å². The van der Waals surface area contributed by atoms with Crippen LogP contribution in [0.5, 0.6) is 5.75 Å². The molecule has 0 saturated carbocycles. The number of carbonyl (C=O) groups is 1. The molecule has 0 aliphatic carbocycles. The molecule has 0 unspecified atom stereocenters. The van der Waals surface area contributed by atoms with E-state index in [4.69, 9.17) is 16.3 Å². The summed E-state index contributed by atoms with van der Waals surface area (Å²) >= 11 is 7.29. The number of pyridine rings is 1. The molecule has 24 heavy (non-hydrogen) atoms. The van der Waals surface area contributed by atoms with E-state index in [1.807, 2.05) is 23.6 Å². The van der Waals surface area contributed by atoms with Crippen molar-refractivity contribution in [2.24, 2.45) is 0 Å². The lowest BCUT2D eigenvalue weighted by molar-refractivity contribution is -0.123. The van der Waals surface area contributed by atoms with Crippen LogP contribution in [0.2, 0.25) is 5.02 Å². The van der Waals surface area contributed by atoms with E-state index in [1.54, 1.807) is 30.5 Å². The molecule has 1 aromatic carbocycles. The summed E-state index contributed by atoms with van der Waals surface area (Å²) in [6.07, 6.45) is 1.73. The van der Waals surface area contributed by atoms with Crippen LogP contribution in [0.15, 0.2) is 54.0 Å². The third-order valence-electron chi connectivity index (χ3n) is 3.09. The molecular weight excluding hydrogens is 346 g/mol. The fourth-order valence-electron chi connectivity index (χ4n) is 1.91. The first-order valence-corrected chi connectivity index (χ1v) is 8.47. The zero-order valence-electron chi connectivity index (χ0n) is 12.6. The van der Waals surface area contributed by atoms with Crippen molar-refractivity contribution in [2.45, 2.75) is 6.54 Å². The maximum atomic E-state index is 11.8. The normalized spacial score (nSPS) is 10.4. The molecule has 0 fully saturated rings. The predicted molar refractivity (Wildman–Crippen MR) is 94.1 cm³/mol. The SMILES string of the molecule is O=C(COc1ccc(Cl)cc1)NCc1csc(-c2ccccn2)n1. The highest BCUT2D eigenvalue weighted by Gasteiger charge is 2.07. The minimum Gasteiger partial charge on any atom is -0.484 e. The van der Waals surface area contributed by atoms with Gasteiger partial charge in [0.1, 0.15) is 10.8 Å². The average molecular weight is 360 g/mol. The second-order valence-corrected chi connectivity index (χ2v) is 6.17. The van der Waals surface area contributed by atoms with E-state index in [1.165, 1.54) is 11.3 Å². The van der Waals surface area contributed by atoms with Gasteiger partial charge in [0.2, 0.25) is 0 Å². The summed E-state index contributed by atoms with van der Waals surface area (Å²) in [7, 11) is 0. The maximum Gasteiger partial charge on any atom is 0.258 e. The molecule has 0 bridgehead atoms. The minimum absolute atomic E-state index is 0.0567. The van der Waals surface area contributed by atoms with Gasteiger partial charge in [-0.15, -0.1) is 11.3 Å². The van der Waals surface area contributed by atoms with E-state index in [-0.39, 0.29) is 12.5 Å². The van der Waals surface area contributed by atoms with Gasteiger partial charge in [0.05, 0.1) is 17.9 Å². The Morgan fingerprint density at radius 2 is 2.04 bits per heavy atom. The summed E-state index contributed by atoms with van der Waals surface area (Å²) < 4.78 is 5.39. The lowest BCUT2D eigenvalue weighted by Gasteiger charge is -2.06. The van der Waals surface area contributed by atoms with Gasteiger partial charge in [-0.1, -0.05) is 17.7 Å². The Balaban J connectivity index is 1.48. The van der Waals surface area contributed by atoms with Crippen molar-refractivity contribution in [3.63, 3.8) is 0 Å². The Bertz CT molecular complexity index is 806. The molecule has 1 amide bonds. The minimum atomic E-state index is -0.211. The Labute approximate surface area is 148 Å². The number of halogens is 1. The molecule has 122 valence electrons. The van der Waals surface area contributed by atoms with E-state index in [2.05, 4.69) is 15.3 Å². The molecule has 2 aromatic heterocycles. The topological polar surface area (TPSA) is 64.1 Å². The number of thiazole rings is 1. The fraction of sp³-hybridized carbons (Fsp3) is 0.118. The zero-order valence-corrected chi connectivity index (χ0v) is 14.2. The summed E-state index contributed by atoms with van der Waals surface area (Å²) in [6.45, 7) is 0.297. The summed E-state index contributed by atoms with van der Waals surface area (Å²) in [5.74, 6) is 0.387. The first-order valence-electron chi connectivity index (χ1n) is 7.21. The summed E-state index contributed by atoms with van der Waals surface area (Å²) in [5.41, 5.74) is 1.62. The van der Waals surface area contributed by atoms with E-state index in [0.717, 1.165) is 16.4 Å². The third kappa shape index (κ3) is 4.53. The van der Waals surface area contributed by atoms with Crippen LogP contribution < -0.4 is 10.1 Å². The van der Waals surface area contributed by atoms with Crippen LogP contribution in [0.3, 0.4) is 0 Å². The lowest BCUT2D eigenvalue weighted by Crippen LogP contribution is -2.28. The molecule has 0 spiro atoms. The number of benzene rings is 1. The quantitative estimate of drug-likeness (QED) is 0.731. The molecule has 7 heteroatoms. The Morgan fingerprint density at radius 3 is 2.79 bits per heavy atom. The van der Waals surface area contributed by atoms with Crippen molar-refractivity contribution < 1.29 is 9.53 Å². The fourth-order valence-corrected chi connectivity index (χ4v) is 2.84. The predicted octanol–water partition coefficient (Wildman–Crippen LogP) is 3.55. The number of ether oxygens (including phenoxy) is 1. The molecule has 0 aliphatic rings. The van der Waals surface area contributed by atoms with Gasteiger partial charge in [-0.25, -0.2) is 4.98 Å². The van der Waals surface area contributed by atoms with Crippen LogP contribution >= 0.6 is 22.9 Å². The van der Waals surface area contributed by atoms with Gasteiger partial charge in [-0.2, -0.15) is 0 Å². The van der Waals surface area contributed by atoms with E-state index < -0.39 is 0 Å². The van der Waals surface area contributed by atoms with Gasteiger partial charge < -0.3 is 10.1 Å². The monoisotopic (exact) mass is 359 g/mol. The van der Waals surface area contributed by atoms with Crippen LogP contribution in [-0.4, -0.2) is 22.5 Å². The highest BCUT2D eigenvalue weighted by atomic mass is 35.5. The first kappa shape index (κ1) is 16.4. The van der Waals surface area contributed by atoms with E-state index in [0.29, 0.717) is 17.3 Å². The Hall–Kier alpha value is -2.44. The summed E-state index contributed by atoms with van der Waals surface area (Å²) in [6, 6.07) is 12.5. The molecule has 0 aliphatic heterocycles. The summed E-state index contributed by atoms with van der Waals surface area (Å²) in [5, 5.41) is 6.14. The van der Waals surface area contributed by atoms with E-state index in [9.17, 15) is 4.79 Å². The maximum absolute atomic E-state index is 11.8. The summed E-state index contributed by atoms with van der Waals surface area (Å²) in [4.78, 5) is 20.6. The number of rotatable bonds is 6. The van der Waals surface area contributed by atoms with Gasteiger partial charge in [0, 0.05) is 16.6 Å². The molecule has 5 nitrogen and oxygen atoms in total. The van der Waals surface area contributed by atoms with Gasteiger partial charge in [-0.05, 0) is 36.4 Å². The molecule has 3 aromatic rings. The van der Waals surface area contributed by atoms with Gasteiger partial charge >= 0.3 is 0 Å². The molecule has 2 heterocycles. The number of hydrogen-bond acceptors (Lipinski definition) is 5. The lowest BCUT2D eigenvalue weighted by atomic mass is 10.3. The standard InChI is InChI=1S/C17H14ClN3O2S/c18-12-4-6-14(7-5-12)23-10-16(22)20-9-13-11-24-17(21-13)15-3-1-2-8-19-15/h1-8,11H,9-10H2,(H,20,22). The van der Waals surface area contributed by atoms with Crippen molar-refractivity contribution in [1.82, 2.24) is 15.3 Å². The Kier molecular flexibility index (Phi) is 5.40. The molecule has 3 rings (SSSR count). The number of nitrogens with zero attached hydrogens (tertiary/aromatic N) is 2. The first-order chi connectivity index (χ1) is 11.7. The smallest absolute Gasteiger partial charge is 0.258 e. The molecule has 0 atom stereocenters. The number of carbonyl (C=O) groups excluding carboxylic acids is 1. The van der Waals surface area contributed by atoms with Crippen LogP contribution in [-0.2, 0) is 11.3 Å². The Morgan fingerprint density at radius 1 is 1.21 bits per heavy atom. The molecule has 0 saturated heterocycles.